The summed E-state index contributed by atoms with van der Waals surface area (Å²) in [6.07, 6.45) is 2.49. The fourth-order valence-electron chi connectivity index (χ4n) is 0.950. The van der Waals surface area contributed by atoms with Crippen molar-refractivity contribution in [2.45, 2.75) is 31.0 Å². The second-order valence-corrected chi connectivity index (χ2v) is 4.95. The van der Waals surface area contributed by atoms with Gasteiger partial charge in [0, 0.05) is 23.2 Å². The molecule has 0 radical (unpaired) electrons. The number of aromatic nitrogens is 2. The molecule has 1 aromatic rings. The zero-order valence-corrected chi connectivity index (χ0v) is 9.92. The third kappa shape index (κ3) is 4.59. The van der Waals surface area contributed by atoms with Gasteiger partial charge in [-0.25, -0.2) is 9.97 Å². The smallest absolute Gasteiger partial charge is 0.187 e. The predicted molar refractivity (Wildman–Crippen MR) is 61.8 cm³/mol. The fraction of sp³-hybridized carbons (Fsp3) is 0.600. The van der Waals surface area contributed by atoms with Crippen LogP contribution in [0.25, 0.3) is 0 Å². The maximum Gasteiger partial charge on any atom is 0.187 e. The molecular weight excluding hydrogens is 210 g/mol. The predicted octanol–water partition coefficient (Wildman–Crippen LogP) is 0.977. The van der Waals surface area contributed by atoms with E-state index in [1.807, 2.05) is 19.9 Å². The van der Waals surface area contributed by atoms with Crippen molar-refractivity contribution in [1.82, 2.24) is 9.97 Å². The van der Waals surface area contributed by atoms with Gasteiger partial charge < -0.3 is 10.8 Å². The van der Waals surface area contributed by atoms with E-state index in [0.29, 0.717) is 0 Å². The molecule has 1 unspecified atom stereocenters. The van der Waals surface area contributed by atoms with Crippen LogP contribution in [0.3, 0.4) is 0 Å². The summed E-state index contributed by atoms with van der Waals surface area (Å²) in [7, 11) is 0. The average molecular weight is 227 g/mol. The first-order valence-corrected chi connectivity index (χ1v) is 5.84. The van der Waals surface area contributed by atoms with Crippen molar-refractivity contribution in [3.05, 3.63) is 18.0 Å². The third-order valence-corrected chi connectivity index (χ3v) is 2.90. The Morgan fingerprint density at radius 1 is 1.60 bits per heavy atom. The Kier molecular flexibility index (Phi) is 4.50. The van der Waals surface area contributed by atoms with Gasteiger partial charge in [0.25, 0.3) is 0 Å². The summed E-state index contributed by atoms with van der Waals surface area (Å²) in [5, 5.41) is 9.74. The lowest BCUT2D eigenvalue weighted by Gasteiger charge is -2.20. The molecule has 0 aromatic carbocycles. The minimum atomic E-state index is -0.503. The molecule has 5 heteroatoms. The summed E-state index contributed by atoms with van der Waals surface area (Å²) in [6, 6.07) is 1.87. The Labute approximate surface area is 94.3 Å². The van der Waals surface area contributed by atoms with Crippen molar-refractivity contribution in [3.63, 3.8) is 0 Å². The molecule has 0 saturated heterocycles. The van der Waals surface area contributed by atoms with Gasteiger partial charge in [0.15, 0.2) is 5.16 Å². The van der Waals surface area contributed by atoms with E-state index < -0.39 is 5.54 Å². The highest BCUT2D eigenvalue weighted by Crippen LogP contribution is 2.17. The first-order chi connectivity index (χ1) is 7.03. The molecule has 84 valence electrons. The fourth-order valence-corrected chi connectivity index (χ4v) is 2.04. The Morgan fingerprint density at radius 3 is 2.93 bits per heavy atom. The van der Waals surface area contributed by atoms with Crippen molar-refractivity contribution in [2.75, 3.05) is 12.4 Å². The van der Waals surface area contributed by atoms with E-state index in [0.717, 1.165) is 23.0 Å². The normalized spacial score (nSPS) is 14.9. The van der Waals surface area contributed by atoms with Crippen LogP contribution in [-0.4, -0.2) is 33.0 Å². The van der Waals surface area contributed by atoms with Gasteiger partial charge in [-0.15, -0.1) is 0 Å². The number of aliphatic hydroxyl groups excluding tert-OH is 1. The van der Waals surface area contributed by atoms with Crippen LogP contribution >= 0.6 is 11.8 Å². The highest BCUT2D eigenvalue weighted by Gasteiger charge is 2.16. The Morgan fingerprint density at radius 2 is 2.33 bits per heavy atom. The molecule has 1 rings (SSSR count). The number of nitrogens with two attached hydrogens (primary N) is 1. The molecule has 0 spiro atoms. The highest BCUT2D eigenvalue weighted by molar-refractivity contribution is 7.99. The van der Waals surface area contributed by atoms with Crippen LogP contribution in [0.15, 0.2) is 17.4 Å². The molecule has 3 N–H and O–H groups in total. The molecule has 1 aromatic heterocycles. The standard InChI is InChI=1S/C10H17N3OS/c1-8-3-5-12-9(13-8)15-6-4-10(2,11)7-14/h3,5,14H,4,6-7,11H2,1-2H3. The lowest BCUT2D eigenvalue weighted by Crippen LogP contribution is -2.40. The molecule has 0 aliphatic carbocycles. The van der Waals surface area contributed by atoms with E-state index in [9.17, 15) is 0 Å². The highest BCUT2D eigenvalue weighted by atomic mass is 32.2. The van der Waals surface area contributed by atoms with Gasteiger partial charge in [0.05, 0.1) is 6.61 Å². The first-order valence-electron chi connectivity index (χ1n) is 4.86. The molecule has 0 aliphatic rings. The van der Waals surface area contributed by atoms with Gasteiger partial charge in [-0.1, -0.05) is 11.8 Å². The van der Waals surface area contributed by atoms with Crippen LogP contribution in [0.1, 0.15) is 19.0 Å². The van der Waals surface area contributed by atoms with Crippen molar-refractivity contribution >= 4 is 11.8 Å². The van der Waals surface area contributed by atoms with Crippen LogP contribution in [0.5, 0.6) is 0 Å². The second kappa shape index (κ2) is 5.44. The van der Waals surface area contributed by atoms with Gasteiger partial charge in [-0.2, -0.15) is 0 Å². The quantitative estimate of drug-likeness (QED) is 0.579. The van der Waals surface area contributed by atoms with Crippen molar-refractivity contribution in [3.8, 4) is 0 Å². The van der Waals surface area contributed by atoms with Gasteiger partial charge in [0.1, 0.15) is 0 Å². The van der Waals surface area contributed by atoms with Crippen molar-refractivity contribution in [2.24, 2.45) is 5.73 Å². The third-order valence-electron chi connectivity index (χ3n) is 2.04. The summed E-state index contributed by atoms with van der Waals surface area (Å²) in [5.74, 6) is 0.816. The molecule has 0 amide bonds. The molecule has 0 saturated carbocycles. The van der Waals surface area contributed by atoms with Gasteiger partial charge in [-0.05, 0) is 26.3 Å². The summed E-state index contributed by atoms with van der Waals surface area (Å²) < 4.78 is 0. The number of rotatable bonds is 5. The molecule has 0 fully saturated rings. The second-order valence-electron chi connectivity index (χ2n) is 3.89. The topological polar surface area (TPSA) is 72.0 Å². The van der Waals surface area contributed by atoms with Crippen LogP contribution in [0.4, 0.5) is 0 Å². The van der Waals surface area contributed by atoms with Gasteiger partial charge in [-0.3, -0.25) is 0 Å². The number of hydrogen-bond donors (Lipinski definition) is 2. The SMILES string of the molecule is Cc1ccnc(SCCC(C)(N)CO)n1. The van der Waals surface area contributed by atoms with Crippen LogP contribution < -0.4 is 5.73 Å². The minimum Gasteiger partial charge on any atom is -0.394 e. The van der Waals surface area contributed by atoms with E-state index in [1.54, 1.807) is 18.0 Å². The zero-order valence-electron chi connectivity index (χ0n) is 9.10. The lowest BCUT2D eigenvalue weighted by molar-refractivity contribution is 0.206. The number of hydrogen-bond acceptors (Lipinski definition) is 5. The van der Waals surface area contributed by atoms with Crippen LogP contribution in [-0.2, 0) is 0 Å². The van der Waals surface area contributed by atoms with Gasteiger partial charge >= 0.3 is 0 Å². The maximum absolute atomic E-state index is 8.97. The molecule has 1 heterocycles. The minimum absolute atomic E-state index is 0.00222. The number of aryl methyl sites for hydroxylation is 1. The van der Waals surface area contributed by atoms with E-state index in [-0.39, 0.29) is 6.61 Å². The van der Waals surface area contributed by atoms with Crippen molar-refractivity contribution in [1.29, 1.82) is 0 Å². The number of nitrogens with zero attached hydrogens (tertiary/aromatic N) is 2. The van der Waals surface area contributed by atoms with E-state index in [1.165, 1.54) is 0 Å². The first kappa shape index (κ1) is 12.4. The Balaban J connectivity index is 2.38. The van der Waals surface area contributed by atoms with Crippen LogP contribution in [0, 0.1) is 6.92 Å². The number of aliphatic hydroxyl groups is 1. The van der Waals surface area contributed by atoms with Crippen molar-refractivity contribution < 1.29 is 5.11 Å². The summed E-state index contributed by atoms with van der Waals surface area (Å²) >= 11 is 1.56. The molecule has 1 atom stereocenters. The lowest BCUT2D eigenvalue weighted by atomic mass is 10.0. The molecule has 0 aliphatic heterocycles. The Hall–Kier alpha value is -0.650. The van der Waals surface area contributed by atoms with Gasteiger partial charge in [0.2, 0.25) is 0 Å². The summed E-state index contributed by atoms with van der Waals surface area (Å²) in [4.78, 5) is 8.40. The number of thioether (sulfide) groups is 1. The monoisotopic (exact) mass is 227 g/mol. The summed E-state index contributed by atoms with van der Waals surface area (Å²) in [6.45, 7) is 3.78. The molecular formula is C10H17N3OS. The van der Waals surface area contributed by atoms with E-state index in [2.05, 4.69) is 9.97 Å². The van der Waals surface area contributed by atoms with E-state index in [4.69, 9.17) is 10.8 Å². The molecule has 4 nitrogen and oxygen atoms in total. The molecule has 0 bridgehead atoms. The molecule has 15 heavy (non-hydrogen) atoms. The van der Waals surface area contributed by atoms with E-state index >= 15 is 0 Å². The maximum atomic E-state index is 8.97. The average Bonchev–Trinajstić information content (AvgIpc) is 2.18. The Bertz CT molecular complexity index is 317. The van der Waals surface area contributed by atoms with Crippen LogP contribution in [0.2, 0.25) is 0 Å². The largest absolute Gasteiger partial charge is 0.394 e. The summed E-state index contributed by atoms with van der Waals surface area (Å²) in [5.41, 5.74) is 6.27. The zero-order chi connectivity index (χ0) is 11.3.